The Morgan fingerprint density at radius 2 is 2.33 bits per heavy atom. The Kier molecular flexibility index (Phi) is 5.25. The second-order valence-electron chi connectivity index (χ2n) is 4.36. The highest BCUT2D eigenvalue weighted by Crippen LogP contribution is 2.12. The third-order valence-electron chi connectivity index (χ3n) is 2.76. The van der Waals surface area contributed by atoms with Gasteiger partial charge in [-0.3, -0.25) is 0 Å². The van der Waals surface area contributed by atoms with Gasteiger partial charge in [0.1, 0.15) is 0 Å². The van der Waals surface area contributed by atoms with Crippen molar-refractivity contribution in [3.8, 4) is 5.88 Å². The lowest BCUT2D eigenvalue weighted by Crippen LogP contribution is -2.41. The number of carbonyl (C=O) groups excluding carboxylic acids is 1. The lowest BCUT2D eigenvalue weighted by molar-refractivity contribution is -0.0528. The van der Waals surface area contributed by atoms with Gasteiger partial charge in [0.25, 0.3) is 0 Å². The Labute approximate surface area is 120 Å². The molecular weight excluding hydrogens is 280 g/mol. The quantitative estimate of drug-likeness (QED) is 0.876. The fraction of sp³-hybridized carbons (Fsp3) is 0.286. The van der Waals surface area contributed by atoms with E-state index in [1.165, 1.54) is 12.3 Å². The monoisotopic (exact) mass is 295 g/mol. The number of carbonyl (C=O) groups is 1. The van der Waals surface area contributed by atoms with Gasteiger partial charge in [0.05, 0.1) is 6.04 Å². The van der Waals surface area contributed by atoms with E-state index in [-0.39, 0.29) is 24.5 Å². The molecule has 0 saturated heterocycles. The molecule has 0 aliphatic heterocycles. The predicted octanol–water partition coefficient (Wildman–Crippen LogP) is 2.37. The molecule has 0 unspecified atom stereocenters. The Balaban J connectivity index is 1.80. The number of alkyl halides is 2. The highest BCUT2D eigenvalue weighted by Gasteiger charge is 2.10. The third kappa shape index (κ3) is 5.21. The summed E-state index contributed by atoms with van der Waals surface area (Å²) >= 11 is 0. The summed E-state index contributed by atoms with van der Waals surface area (Å²) in [5, 5.41) is 5.43. The second-order valence-corrected chi connectivity index (χ2v) is 4.36. The smallest absolute Gasteiger partial charge is 0.388 e. The molecule has 2 N–H and O–H groups in total. The first-order valence-corrected chi connectivity index (χ1v) is 6.41. The SMILES string of the molecule is O=C(NCc1ccnc(OC(F)F)c1)N[C@H]1C=CC=CC1. The molecule has 0 fully saturated rings. The highest BCUT2D eigenvalue weighted by molar-refractivity contribution is 5.74. The number of aromatic nitrogens is 1. The van der Waals surface area contributed by atoms with E-state index < -0.39 is 6.61 Å². The number of nitrogens with zero attached hydrogens (tertiary/aromatic N) is 1. The van der Waals surface area contributed by atoms with E-state index in [4.69, 9.17) is 0 Å². The van der Waals surface area contributed by atoms with E-state index in [9.17, 15) is 13.6 Å². The predicted molar refractivity (Wildman–Crippen MR) is 72.9 cm³/mol. The van der Waals surface area contributed by atoms with Crippen LogP contribution in [-0.4, -0.2) is 23.7 Å². The average Bonchev–Trinajstić information content (AvgIpc) is 2.46. The summed E-state index contributed by atoms with van der Waals surface area (Å²) < 4.78 is 28.3. The van der Waals surface area contributed by atoms with Crippen LogP contribution in [0.3, 0.4) is 0 Å². The maximum Gasteiger partial charge on any atom is 0.388 e. The average molecular weight is 295 g/mol. The van der Waals surface area contributed by atoms with E-state index in [1.807, 2.05) is 24.3 Å². The molecule has 1 aromatic heterocycles. The molecule has 1 aliphatic rings. The van der Waals surface area contributed by atoms with E-state index >= 15 is 0 Å². The first-order valence-electron chi connectivity index (χ1n) is 6.41. The number of urea groups is 1. The molecule has 2 amide bonds. The van der Waals surface area contributed by atoms with E-state index in [1.54, 1.807) is 6.07 Å². The minimum absolute atomic E-state index is 0.0369. The Hall–Kier alpha value is -2.44. The molecule has 1 aromatic rings. The number of pyridine rings is 1. The molecule has 1 heterocycles. The van der Waals surface area contributed by atoms with E-state index in [2.05, 4.69) is 20.4 Å². The first kappa shape index (κ1) is 15.0. The number of ether oxygens (including phenoxy) is 1. The van der Waals surface area contributed by atoms with Crippen molar-refractivity contribution in [2.45, 2.75) is 25.6 Å². The van der Waals surface area contributed by atoms with E-state index in [0.717, 1.165) is 6.42 Å². The minimum Gasteiger partial charge on any atom is -0.417 e. The van der Waals surface area contributed by atoms with Crippen LogP contribution in [0, 0.1) is 0 Å². The second kappa shape index (κ2) is 7.37. The van der Waals surface area contributed by atoms with Gasteiger partial charge < -0.3 is 15.4 Å². The topological polar surface area (TPSA) is 63.2 Å². The fourth-order valence-corrected chi connectivity index (χ4v) is 1.81. The molecule has 5 nitrogen and oxygen atoms in total. The number of halogens is 2. The molecule has 1 aliphatic carbocycles. The van der Waals surface area contributed by atoms with Crippen LogP contribution in [0.1, 0.15) is 12.0 Å². The number of nitrogens with one attached hydrogen (secondary N) is 2. The van der Waals surface area contributed by atoms with Gasteiger partial charge in [-0.2, -0.15) is 8.78 Å². The number of hydrogen-bond donors (Lipinski definition) is 2. The summed E-state index contributed by atoms with van der Waals surface area (Å²) in [4.78, 5) is 15.4. The van der Waals surface area contributed by atoms with Crippen LogP contribution in [0.15, 0.2) is 42.6 Å². The first-order chi connectivity index (χ1) is 10.1. The molecule has 2 rings (SSSR count). The Morgan fingerprint density at radius 3 is 3.05 bits per heavy atom. The summed E-state index contributed by atoms with van der Waals surface area (Å²) in [7, 11) is 0. The molecular formula is C14H15F2N3O2. The van der Waals surface area contributed by atoms with Gasteiger partial charge in [0.15, 0.2) is 0 Å². The number of rotatable bonds is 5. The summed E-state index contributed by atoms with van der Waals surface area (Å²) in [6, 6.07) is 2.61. The number of allylic oxidation sites excluding steroid dienone is 2. The molecule has 112 valence electrons. The lowest BCUT2D eigenvalue weighted by atomic mass is 10.1. The molecule has 0 bridgehead atoms. The Morgan fingerprint density at radius 1 is 1.48 bits per heavy atom. The van der Waals surface area contributed by atoms with E-state index in [0.29, 0.717) is 5.56 Å². The van der Waals surface area contributed by atoms with Gasteiger partial charge in [-0.25, -0.2) is 9.78 Å². The van der Waals surface area contributed by atoms with Crippen LogP contribution in [-0.2, 0) is 6.54 Å². The minimum atomic E-state index is -2.92. The van der Waals surface area contributed by atoms with Gasteiger partial charge in [-0.1, -0.05) is 24.3 Å². The summed E-state index contributed by atoms with van der Waals surface area (Å²) in [5.74, 6) is -0.176. The van der Waals surface area contributed by atoms with Crippen molar-refractivity contribution in [2.75, 3.05) is 0 Å². The largest absolute Gasteiger partial charge is 0.417 e. The molecule has 7 heteroatoms. The number of hydrogen-bond acceptors (Lipinski definition) is 3. The van der Waals surface area contributed by atoms with Crippen molar-refractivity contribution in [1.82, 2.24) is 15.6 Å². The fourth-order valence-electron chi connectivity index (χ4n) is 1.81. The molecule has 1 atom stereocenters. The summed E-state index contributed by atoms with van der Waals surface area (Å²) in [5.41, 5.74) is 0.620. The van der Waals surface area contributed by atoms with Crippen LogP contribution < -0.4 is 15.4 Å². The standard InChI is InChI=1S/C14H15F2N3O2/c15-13(16)21-12-8-10(6-7-17-12)9-18-14(20)19-11-4-2-1-3-5-11/h1-4,6-8,11,13H,5,9H2,(H2,18,19,20)/t11-/m0/s1. The lowest BCUT2D eigenvalue weighted by Gasteiger charge is -2.15. The molecule has 0 saturated carbocycles. The van der Waals surface area contributed by atoms with Crippen molar-refractivity contribution in [3.63, 3.8) is 0 Å². The summed E-state index contributed by atoms with van der Waals surface area (Å²) in [6.45, 7) is -2.73. The van der Waals surface area contributed by atoms with Crippen LogP contribution in [0.25, 0.3) is 0 Å². The van der Waals surface area contributed by atoms with Crippen molar-refractivity contribution >= 4 is 6.03 Å². The summed E-state index contributed by atoms with van der Waals surface area (Å²) in [6.07, 6.45) is 9.72. The van der Waals surface area contributed by atoms with Crippen molar-refractivity contribution < 1.29 is 18.3 Å². The van der Waals surface area contributed by atoms with Crippen molar-refractivity contribution in [1.29, 1.82) is 0 Å². The van der Waals surface area contributed by atoms with Crippen LogP contribution in [0.4, 0.5) is 13.6 Å². The zero-order valence-electron chi connectivity index (χ0n) is 11.1. The maximum atomic E-state index is 12.1. The van der Waals surface area contributed by atoms with Gasteiger partial charge in [-0.05, 0) is 18.1 Å². The maximum absolute atomic E-state index is 12.1. The van der Waals surface area contributed by atoms with Crippen molar-refractivity contribution in [2.24, 2.45) is 0 Å². The highest BCUT2D eigenvalue weighted by atomic mass is 19.3. The normalized spacial score (nSPS) is 16.8. The van der Waals surface area contributed by atoms with Gasteiger partial charge in [0, 0.05) is 18.8 Å². The number of amides is 2. The zero-order chi connectivity index (χ0) is 15.1. The molecule has 0 aromatic carbocycles. The molecule has 0 spiro atoms. The van der Waals surface area contributed by atoms with Gasteiger partial charge in [-0.15, -0.1) is 0 Å². The molecule has 0 radical (unpaired) electrons. The van der Waals surface area contributed by atoms with Crippen LogP contribution in [0.2, 0.25) is 0 Å². The zero-order valence-corrected chi connectivity index (χ0v) is 11.1. The van der Waals surface area contributed by atoms with Gasteiger partial charge >= 0.3 is 12.6 Å². The van der Waals surface area contributed by atoms with Crippen molar-refractivity contribution in [3.05, 3.63) is 48.2 Å². The Bertz CT molecular complexity index is 547. The third-order valence-corrected chi connectivity index (χ3v) is 2.76. The van der Waals surface area contributed by atoms with Gasteiger partial charge in [0.2, 0.25) is 5.88 Å². The van der Waals surface area contributed by atoms with Crippen LogP contribution in [0.5, 0.6) is 5.88 Å². The molecule has 21 heavy (non-hydrogen) atoms. The van der Waals surface area contributed by atoms with Crippen LogP contribution >= 0.6 is 0 Å².